The highest BCUT2D eigenvalue weighted by Crippen LogP contribution is 2.43. The summed E-state index contributed by atoms with van der Waals surface area (Å²) in [5.74, 6) is 1.39. The van der Waals surface area contributed by atoms with E-state index in [9.17, 15) is 13.7 Å². The van der Waals surface area contributed by atoms with Crippen LogP contribution in [0.2, 0.25) is 0 Å². The Morgan fingerprint density at radius 3 is 2.76 bits per heavy atom. The van der Waals surface area contributed by atoms with Crippen LogP contribution in [0.25, 0.3) is 0 Å². The number of methoxy groups -OCH3 is 1. The van der Waals surface area contributed by atoms with Crippen molar-refractivity contribution in [2.45, 2.75) is 10.3 Å². The number of rotatable bonds is 4. The topological polar surface area (TPSA) is 70.4 Å². The third kappa shape index (κ3) is 3.42. The summed E-state index contributed by atoms with van der Waals surface area (Å²) >= 11 is 5.01. The third-order valence-electron chi connectivity index (χ3n) is 3.90. The molecule has 0 amide bonds. The monoisotopic (exact) mass is 438 g/mol. The van der Waals surface area contributed by atoms with Crippen molar-refractivity contribution in [3.63, 3.8) is 0 Å². The fourth-order valence-corrected chi connectivity index (χ4v) is 6.64. The van der Waals surface area contributed by atoms with Crippen molar-refractivity contribution >= 4 is 37.7 Å². The van der Waals surface area contributed by atoms with E-state index in [0.29, 0.717) is 18.0 Å². The molecule has 0 saturated carbocycles. The average molecular weight is 439 g/mol. The summed E-state index contributed by atoms with van der Waals surface area (Å²) in [6, 6.07) is 13.8. The second kappa shape index (κ2) is 7.38. The molecule has 3 rings (SSSR count). The summed E-state index contributed by atoms with van der Waals surface area (Å²) in [5, 5.41) is 8.91. The summed E-state index contributed by atoms with van der Waals surface area (Å²) in [7, 11) is -2.18. The van der Waals surface area contributed by atoms with Crippen LogP contribution in [0.5, 0.6) is 5.75 Å². The zero-order chi connectivity index (χ0) is 18.0. The van der Waals surface area contributed by atoms with Gasteiger partial charge in [-0.15, -0.1) is 11.8 Å². The number of ether oxygens (including phenoxy) is 1. The Labute approximate surface area is 159 Å². The Kier molecular flexibility index (Phi) is 5.39. The molecule has 2 aromatic carbocycles. The highest BCUT2D eigenvalue weighted by Gasteiger charge is 2.38. The highest BCUT2D eigenvalue weighted by atomic mass is 79.9. The number of nitrogens with zero attached hydrogens (tertiary/aromatic N) is 2. The van der Waals surface area contributed by atoms with Gasteiger partial charge < -0.3 is 4.74 Å². The molecule has 1 aliphatic heterocycles. The molecule has 1 saturated heterocycles. The van der Waals surface area contributed by atoms with Gasteiger partial charge in [-0.2, -0.15) is 9.57 Å². The van der Waals surface area contributed by atoms with Gasteiger partial charge in [0.1, 0.15) is 11.8 Å². The first-order valence-corrected chi connectivity index (χ1v) is 10.7. The van der Waals surface area contributed by atoms with Crippen LogP contribution in [0, 0.1) is 11.3 Å². The summed E-state index contributed by atoms with van der Waals surface area (Å²) in [5.41, 5.74) is 1.03. The minimum Gasteiger partial charge on any atom is -0.496 e. The average Bonchev–Trinajstić information content (AvgIpc) is 3.12. The Morgan fingerprint density at radius 2 is 2.08 bits per heavy atom. The molecule has 1 aliphatic rings. The van der Waals surface area contributed by atoms with Crippen LogP contribution in [0.4, 0.5) is 0 Å². The van der Waals surface area contributed by atoms with Gasteiger partial charge in [-0.1, -0.05) is 18.2 Å². The number of halogens is 1. The van der Waals surface area contributed by atoms with E-state index in [-0.39, 0.29) is 15.8 Å². The molecule has 0 aromatic heterocycles. The summed E-state index contributed by atoms with van der Waals surface area (Å²) in [6.07, 6.45) is 0. The Morgan fingerprint density at radius 1 is 1.32 bits per heavy atom. The van der Waals surface area contributed by atoms with Gasteiger partial charge in [0.2, 0.25) is 10.0 Å². The number of benzene rings is 2. The van der Waals surface area contributed by atoms with Gasteiger partial charge in [0.15, 0.2) is 0 Å². The lowest BCUT2D eigenvalue weighted by atomic mass is 10.2. The van der Waals surface area contributed by atoms with Crippen LogP contribution in [-0.2, 0) is 10.0 Å². The molecule has 5 nitrogen and oxygen atoms in total. The lowest BCUT2D eigenvalue weighted by Gasteiger charge is -2.24. The maximum atomic E-state index is 13.1. The van der Waals surface area contributed by atoms with Crippen molar-refractivity contribution in [2.75, 3.05) is 19.4 Å². The van der Waals surface area contributed by atoms with Gasteiger partial charge in [-0.25, -0.2) is 8.42 Å². The molecule has 1 heterocycles. The summed E-state index contributed by atoms with van der Waals surface area (Å²) in [6.45, 7) is 0.404. The molecule has 2 aromatic rings. The van der Waals surface area contributed by atoms with Crippen LogP contribution in [-0.4, -0.2) is 32.1 Å². The molecular weight excluding hydrogens is 424 g/mol. The number of sulfonamides is 1. The van der Waals surface area contributed by atoms with E-state index < -0.39 is 10.0 Å². The second-order valence-electron chi connectivity index (χ2n) is 5.34. The summed E-state index contributed by atoms with van der Waals surface area (Å²) < 4.78 is 33.7. The highest BCUT2D eigenvalue weighted by molar-refractivity contribution is 9.10. The molecule has 25 heavy (non-hydrogen) atoms. The van der Waals surface area contributed by atoms with E-state index in [4.69, 9.17) is 4.74 Å². The molecule has 0 bridgehead atoms. The van der Waals surface area contributed by atoms with E-state index in [0.717, 1.165) is 10.0 Å². The number of nitriles is 1. The maximum Gasteiger partial charge on any atom is 0.245 e. The Hall–Kier alpha value is -1.53. The molecule has 1 unspecified atom stereocenters. The van der Waals surface area contributed by atoms with Crippen LogP contribution < -0.4 is 4.74 Å². The van der Waals surface area contributed by atoms with E-state index in [1.165, 1.54) is 16.4 Å². The fourth-order valence-electron chi connectivity index (χ4n) is 2.71. The molecule has 8 heteroatoms. The first-order valence-electron chi connectivity index (χ1n) is 7.45. The van der Waals surface area contributed by atoms with E-state index in [2.05, 4.69) is 15.9 Å². The van der Waals surface area contributed by atoms with Gasteiger partial charge in [0, 0.05) is 12.3 Å². The molecular formula is C17H15BrN2O3S2. The normalized spacial score (nSPS) is 18.0. The molecule has 0 spiro atoms. The largest absolute Gasteiger partial charge is 0.496 e. The van der Waals surface area contributed by atoms with Crippen LogP contribution in [0.3, 0.4) is 0 Å². The Balaban J connectivity index is 2.01. The zero-order valence-electron chi connectivity index (χ0n) is 13.3. The van der Waals surface area contributed by atoms with Crippen molar-refractivity contribution in [2.24, 2.45) is 0 Å². The predicted molar refractivity (Wildman–Crippen MR) is 101 cm³/mol. The van der Waals surface area contributed by atoms with Gasteiger partial charge in [0.05, 0.1) is 27.4 Å². The lowest BCUT2D eigenvalue weighted by molar-refractivity contribution is 0.410. The Bertz CT molecular complexity index is 941. The number of hydrogen-bond acceptors (Lipinski definition) is 5. The number of thioether (sulfide) groups is 1. The molecule has 1 atom stereocenters. The van der Waals surface area contributed by atoms with Crippen molar-refractivity contribution < 1.29 is 13.2 Å². The van der Waals surface area contributed by atoms with Crippen molar-refractivity contribution in [3.05, 3.63) is 58.1 Å². The van der Waals surface area contributed by atoms with Gasteiger partial charge in [-0.3, -0.25) is 0 Å². The summed E-state index contributed by atoms with van der Waals surface area (Å²) in [4.78, 5) is 0.0533. The first-order chi connectivity index (χ1) is 12.0. The minimum absolute atomic E-state index is 0.0533. The molecule has 0 aliphatic carbocycles. The van der Waals surface area contributed by atoms with Crippen LogP contribution >= 0.6 is 27.7 Å². The zero-order valence-corrected chi connectivity index (χ0v) is 16.6. The van der Waals surface area contributed by atoms with E-state index in [1.54, 1.807) is 31.0 Å². The minimum atomic E-state index is -3.76. The van der Waals surface area contributed by atoms with Crippen molar-refractivity contribution in [3.8, 4) is 11.8 Å². The van der Waals surface area contributed by atoms with Gasteiger partial charge in [0.25, 0.3) is 0 Å². The lowest BCUT2D eigenvalue weighted by Crippen LogP contribution is -2.31. The molecule has 0 radical (unpaired) electrons. The maximum absolute atomic E-state index is 13.1. The third-order valence-corrected chi connectivity index (χ3v) is 7.84. The molecule has 1 fully saturated rings. The quantitative estimate of drug-likeness (QED) is 0.726. The molecule has 130 valence electrons. The van der Waals surface area contributed by atoms with Crippen LogP contribution in [0.15, 0.2) is 51.8 Å². The van der Waals surface area contributed by atoms with Crippen molar-refractivity contribution in [1.29, 1.82) is 5.26 Å². The SMILES string of the molecule is COc1ccc(C2SCCN2S(=O)(=O)c2ccccc2C#N)cc1Br. The van der Waals surface area contributed by atoms with Crippen LogP contribution in [0.1, 0.15) is 16.5 Å². The van der Waals surface area contributed by atoms with Crippen molar-refractivity contribution in [1.82, 2.24) is 4.31 Å². The molecule has 0 N–H and O–H groups in total. The first kappa shape index (κ1) is 18.3. The van der Waals surface area contributed by atoms with E-state index >= 15 is 0 Å². The fraction of sp³-hybridized carbons (Fsp3) is 0.235. The van der Waals surface area contributed by atoms with Gasteiger partial charge in [-0.05, 0) is 45.8 Å². The van der Waals surface area contributed by atoms with Gasteiger partial charge >= 0.3 is 0 Å². The predicted octanol–water partition coefficient (Wildman–Crippen LogP) is 3.77. The smallest absolute Gasteiger partial charge is 0.245 e. The number of hydrogen-bond donors (Lipinski definition) is 0. The van der Waals surface area contributed by atoms with E-state index in [1.807, 2.05) is 24.3 Å². The second-order valence-corrected chi connectivity index (χ2v) is 9.24. The standard InChI is InChI=1S/C17H15BrN2O3S2/c1-23-15-7-6-12(10-14(15)18)17-20(8-9-24-17)25(21,22)16-5-3-2-4-13(16)11-19/h2-7,10,17H,8-9H2,1H3.